The molecule has 3 heterocycles. The summed E-state index contributed by atoms with van der Waals surface area (Å²) in [6.07, 6.45) is 1.63. The SMILES string of the molecule is CCNc1nc(NCc2sccc2Br)c2[nH]cnc2n1. The third-order valence-corrected chi connectivity index (χ3v) is 4.65. The average molecular weight is 353 g/mol. The van der Waals surface area contributed by atoms with Crippen LogP contribution in [0.3, 0.4) is 0 Å². The maximum atomic E-state index is 4.48. The number of aromatic nitrogens is 4. The van der Waals surface area contributed by atoms with Gasteiger partial charge >= 0.3 is 0 Å². The fourth-order valence-corrected chi connectivity index (χ4v) is 3.25. The number of H-pyrrole nitrogens is 1. The van der Waals surface area contributed by atoms with Crippen LogP contribution < -0.4 is 10.6 Å². The van der Waals surface area contributed by atoms with Gasteiger partial charge < -0.3 is 15.6 Å². The van der Waals surface area contributed by atoms with Crippen molar-refractivity contribution in [2.75, 3.05) is 17.2 Å². The Balaban J connectivity index is 1.89. The van der Waals surface area contributed by atoms with Crippen LogP contribution in [-0.2, 0) is 6.54 Å². The van der Waals surface area contributed by atoms with Gasteiger partial charge in [0.25, 0.3) is 0 Å². The van der Waals surface area contributed by atoms with Crippen molar-refractivity contribution >= 4 is 50.2 Å². The number of rotatable bonds is 5. The van der Waals surface area contributed by atoms with Crippen LogP contribution in [0.1, 0.15) is 11.8 Å². The van der Waals surface area contributed by atoms with Crippen LogP contribution in [0.25, 0.3) is 11.2 Å². The molecule has 0 fully saturated rings. The molecule has 3 N–H and O–H groups in total. The van der Waals surface area contributed by atoms with Crippen LogP contribution in [0.4, 0.5) is 11.8 Å². The molecule has 8 heteroatoms. The fourth-order valence-electron chi connectivity index (χ4n) is 1.81. The minimum Gasteiger partial charge on any atom is -0.363 e. The van der Waals surface area contributed by atoms with Gasteiger partial charge in [0, 0.05) is 15.9 Å². The summed E-state index contributed by atoms with van der Waals surface area (Å²) in [6.45, 7) is 3.48. The molecule has 0 unspecified atom stereocenters. The van der Waals surface area contributed by atoms with Crippen molar-refractivity contribution < 1.29 is 0 Å². The van der Waals surface area contributed by atoms with E-state index in [1.165, 1.54) is 4.88 Å². The highest BCUT2D eigenvalue weighted by atomic mass is 79.9. The van der Waals surface area contributed by atoms with E-state index in [9.17, 15) is 0 Å². The van der Waals surface area contributed by atoms with E-state index in [0.29, 0.717) is 18.1 Å². The summed E-state index contributed by atoms with van der Waals surface area (Å²) >= 11 is 5.22. The molecule has 6 nitrogen and oxygen atoms in total. The van der Waals surface area contributed by atoms with Crippen LogP contribution in [0, 0.1) is 0 Å². The van der Waals surface area contributed by atoms with E-state index in [-0.39, 0.29) is 0 Å². The lowest BCUT2D eigenvalue weighted by atomic mass is 10.4. The van der Waals surface area contributed by atoms with Crippen LogP contribution in [0.15, 0.2) is 22.2 Å². The minimum atomic E-state index is 0.583. The van der Waals surface area contributed by atoms with Gasteiger partial charge in [-0.05, 0) is 34.3 Å². The Morgan fingerprint density at radius 1 is 1.35 bits per heavy atom. The Kier molecular flexibility index (Phi) is 3.83. The Morgan fingerprint density at radius 2 is 2.25 bits per heavy atom. The lowest BCUT2D eigenvalue weighted by Gasteiger charge is -2.08. The Bertz CT molecular complexity index is 722. The first-order valence-corrected chi connectivity index (χ1v) is 7.86. The second-order valence-corrected chi connectivity index (χ2v) is 5.93. The topological polar surface area (TPSA) is 78.5 Å². The second-order valence-electron chi connectivity index (χ2n) is 4.07. The van der Waals surface area contributed by atoms with Gasteiger partial charge in [0.05, 0.1) is 12.9 Å². The third kappa shape index (κ3) is 2.61. The summed E-state index contributed by atoms with van der Waals surface area (Å²) in [7, 11) is 0. The number of nitrogens with one attached hydrogen (secondary N) is 3. The number of fused-ring (bicyclic) bond motifs is 1. The first-order valence-electron chi connectivity index (χ1n) is 6.18. The van der Waals surface area contributed by atoms with Gasteiger partial charge in [-0.25, -0.2) is 4.98 Å². The molecule has 0 saturated carbocycles. The molecule has 0 spiro atoms. The Morgan fingerprint density at radius 3 is 3.00 bits per heavy atom. The van der Waals surface area contributed by atoms with Gasteiger partial charge in [-0.3, -0.25) is 0 Å². The number of aromatic amines is 1. The summed E-state index contributed by atoms with van der Waals surface area (Å²) in [5.74, 6) is 1.34. The molecule has 104 valence electrons. The quantitative estimate of drug-likeness (QED) is 0.656. The van der Waals surface area contributed by atoms with Gasteiger partial charge in [-0.15, -0.1) is 11.3 Å². The lowest BCUT2D eigenvalue weighted by Crippen LogP contribution is -2.07. The maximum absolute atomic E-state index is 4.48. The molecule has 0 aliphatic carbocycles. The van der Waals surface area contributed by atoms with Crippen molar-refractivity contribution in [1.82, 2.24) is 19.9 Å². The van der Waals surface area contributed by atoms with E-state index in [4.69, 9.17) is 0 Å². The highest BCUT2D eigenvalue weighted by Gasteiger charge is 2.10. The molecule has 0 bridgehead atoms. The van der Waals surface area contributed by atoms with Crippen molar-refractivity contribution in [2.45, 2.75) is 13.5 Å². The van der Waals surface area contributed by atoms with Crippen molar-refractivity contribution in [3.05, 3.63) is 27.1 Å². The third-order valence-electron chi connectivity index (χ3n) is 2.73. The van der Waals surface area contributed by atoms with Gasteiger partial charge in [-0.2, -0.15) is 9.97 Å². The molecule has 0 aromatic carbocycles. The minimum absolute atomic E-state index is 0.583. The average Bonchev–Trinajstić information content (AvgIpc) is 3.05. The van der Waals surface area contributed by atoms with E-state index in [1.807, 2.05) is 13.0 Å². The molecular weight excluding hydrogens is 340 g/mol. The largest absolute Gasteiger partial charge is 0.363 e. The normalized spacial score (nSPS) is 10.9. The highest BCUT2D eigenvalue weighted by Crippen LogP contribution is 2.25. The zero-order valence-electron chi connectivity index (χ0n) is 10.8. The number of hydrogen-bond acceptors (Lipinski definition) is 6. The number of hydrogen-bond donors (Lipinski definition) is 3. The predicted octanol–water partition coefficient (Wildman–Crippen LogP) is 3.22. The van der Waals surface area contributed by atoms with E-state index in [2.05, 4.69) is 51.9 Å². The van der Waals surface area contributed by atoms with Crippen molar-refractivity contribution in [2.24, 2.45) is 0 Å². The smallest absolute Gasteiger partial charge is 0.226 e. The van der Waals surface area contributed by atoms with Gasteiger partial charge in [0.15, 0.2) is 11.5 Å². The molecule has 0 aliphatic rings. The lowest BCUT2D eigenvalue weighted by molar-refractivity contribution is 1.08. The highest BCUT2D eigenvalue weighted by molar-refractivity contribution is 9.10. The van der Waals surface area contributed by atoms with Gasteiger partial charge in [0.2, 0.25) is 5.95 Å². The molecule has 3 aromatic rings. The zero-order chi connectivity index (χ0) is 13.9. The molecule has 0 aliphatic heterocycles. The number of imidazole rings is 1. The monoisotopic (exact) mass is 352 g/mol. The van der Waals surface area contributed by atoms with Crippen LogP contribution >= 0.6 is 27.3 Å². The van der Waals surface area contributed by atoms with E-state index < -0.39 is 0 Å². The molecular formula is C12H13BrN6S. The molecule has 0 atom stereocenters. The summed E-state index contributed by atoms with van der Waals surface area (Å²) in [6, 6.07) is 2.04. The number of nitrogens with zero attached hydrogens (tertiary/aromatic N) is 3. The zero-order valence-corrected chi connectivity index (χ0v) is 13.2. The van der Waals surface area contributed by atoms with Crippen LogP contribution in [0.5, 0.6) is 0 Å². The summed E-state index contributed by atoms with van der Waals surface area (Å²) in [5, 5.41) is 8.50. The van der Waals surface area contributed by atoms with Crippen molar-refractivity contribution in [3.63, 3.8) is 0 Å². The first-order chi connectivity index (χ1) is 9.78. The number of thiophene rings is 1. The van der Waals surface area contributed by atoms with E-state index in [0.717, 1.165) is 22.4 Å². The predicted molar refractivity (Wildman–Crippen MR) is 85.2 cm³/mol. The van der Waals surface area contributed by atoms with E-state index in [1.54, 1.807) is 17.7 Å². The molecule has 3 rings (SSSR count). The molecule has 20 heavy (non-hydrogen) atoms. The number of anilines is 2. The number of halogens is 1. The first kappa shape index (κ1) is 13.3. The van der Waals surface area contributed by atoms with Gasteiger partial charge in [-0.1, -0.05) is 0 Å². The molecule has 0 radical (unpaired) electrons. The van der Waals surface area contributed by atoms with Crippen molar-refractivity contribution in [3.8, 4) is 0 Å². The summed E-state index contributed by atoms with van der Waals surface area (Å²) in [5.41, 5.74) is 1.48. The fraction of sp³-hybridized carbons (Fsp3) is 0.250. The van der Waals surface area contributed by atoms with E-state index >= 15 is 0 Å². The Labute approximate surface area is 128 Å². The molecule has 0 saturated heterocycles. The van der Waals surface area contributed by atoms with Crippen LogP contribution in [0.2, 0.25) is 0 Å². The van der Waals surface area contributed by atoms with Crippen molar-refractivity contribution in [1.29, 1.82) is 0 Å². The Hall–Kier alpha value is -1.67. The molecule has 3 aromatic heterocycles. The van der Waals surface area contributed by atoms with Gasteiger partial charge in [0.1, 0.15) is 5.52 Å². The summed E-state index contributed by atoms with van der Waals surface area (Å²) < 4.78 is 1.11. The second kappa shape index (κ2) is 5.76. The summed E-state index contributed by atoms with van der Waals surface area (Å²) in [4.78, 5) is 17.3. The van der Waals surface area contributed by atoms with Crippen LogP contribution in [-0.4, -0.2) is 26.5 Å². The maximum Gasteiger partial charge on any atom is 0.226 e. The standard InChI is InChI=1S/C12H13BrN6S/c1-2-14-12-18-10(9-11(19-12)17-6-16-9)15-5-8-7(13)3-4-20-8/h3-4,6H,2,5H2,1H3,(H3,14,15,16,17,18,19). The molecule has 0 amide bonds.